The minimum Gasteiger partial charge on any atom is -0.469 e. The zero-order valence-electron chi connectivity index (χ0n) is 12.7. The molecular weight excluding hydrogens is 294 g/mol. The van der Waals surface area contributed by atoms with Crippen LogP contribution < -0.4 is 0 Å². The predicted molar refractivity (Wildman–Crippen MR) is 73.3 cm³/mol. The summed E-state index contributed by atoms with van der Waals surface area (Å²) in [5, 5.41) is 3.50. The van der Waals surface area contributed by atoms with E-state index in [4.69, 9.17) is 19.7 Å². The van der Waals surface area contributed by atoms with Gasteiger partial charge in [0.15, 0.2) is 0 Å². The van der Waals surface area contributed by atoms with E-state index in [1.165, 1.54) is 21.1 Å². The Hall–Kier alpha value is -2.28. The summed E-state index contributed by atoms with van der Waals surface area (Å²) in [4.78, 5) is 37.6. The van der Waals surface area contributed by atoms with Crippen LogP contribution in [0.15, 0.2) is 5.11 Å². The van der Waals surface area contributed by atoms with Gasteiger partial charge in [0.2, 0.25) is 0 Å². The Morgan fingerprint density at radius 2 is 1.68 bits per heavy atom. The van der Waals surface area contributed by atoms with Gasteiger partial charge in [0, 0.05) is 24.3 Å². The van der Waals surface area contributed by atoms with E-state index >= 15 is 0 Å². The molecule has 22 heavy (non-hydrogen) atoms. The maximum atomic E-state index is 11.9. The molecule has 0 aromatic heterocycles. The average Bonchev–Trinajstić information content (AvgIpc) is 2.87. The van der Waals surface area contributed by atoms with Gasteiger partial charge in [0.1, 0.15) is 0 Å². The summed E-state index contributed by atoms with van der Waals surface area (Å²) < 4.78 is 14.5. The van der Waals surface area contributed by atoms with E-state index in [0.29, 0.717) is 0 Å². The molecule has 1 fully saturated rings. The Labute approximate surface area is 127 Å². The first-order chi connectivity index (χ1) is 10.5. The Bertz CT molecular complexity index is 488. The molecule has 0 aromatic carbocycles. The molecule has 0 heterocycles. The van der Waals surface area contributed by atoms with Gasteiger partial charge >= 0.3 is 17.9 Å². The number of ether oxygens (including phenoxy) is 3. The minimum atomic E-state index is -0.618. The quantitative estimate of drug-likeness (QED) is 0.237. The lowest BCUT2D eigenvalue weighted by Crippen LogP contribution is -2.31. The summed E-state index contributed by atoms with van der Waals surface area (Å²) in [5.74, 6) is -3.62. The van der Waals surface area contributed by atoms with Gasteiger partial charge in [-0.15, -0.1) is 0 Å². The SMILES string of the molecule is COC(=O)[C@H]1C[C@@H](C(=O)OC)[C@H](COC(C)=O)[C@@H]1CN=[N+]=[N-]. The highest BCUT2D eigenvalue weighted by Gasteiger charge is 2.50. The predicted octanol–water partition coefficient (Wildman–Crippen LogP) is 1.07. The van der Waals surface area contributed by atoms with Gasteiger partial charge in [-0.3, -0.25) is 14.4 Å². The van der Waals surface area contributed by atoms with E-state index in [0.717, 1.165) is 0 Å². The first-order valence-corrected chi connectivity index (χ1v) is 6.76. The molecule has 0 radical (unpaired) electrons. The molecule has 0 N–H and O–H groups in total. The lowest BCUT2D eigenvalue weighted by atomic mass is 9.87. The molecule has 0 aliphatic heterocycles. The summed E-state index contributed by atoms with van der Waals surface area (Å²) in [6, 6.07) is 0. The monoisotopic (exact) mass is 313 g/mol. The van der Waals surface area contributed by atoms with Crippen LogP contribution in [0.5, 0.6) is 0 Å². The molecule has 0 spiro atoms. The van der Waals surface area contributed by atoms with Gasteiger partial charge in [-0.05, 0) is 17.9 Å². The van der Waals surface area contributed by atoms with Crippen LogP contribution in [0, 0.1) is 23.7 Å². The molecule has 0 aromatic rings. The van der Waals surface area contributed by atoms with Crippen LogP contribution in [0.25, 0.3) is 10.4 Å². The van der Waals surface area contributed by atoms with Crippen molar-refractivity contribution in [2.45, 2.75) is 13.3 Å². The second-order valence-electron chi connectivity index (χ2n) is 5.04. The number of hydrogen-bond donors (Lipinski definition) is 0. The van der Waals surface area contributed by atoms with Gasteiger partial charge in [-0.2, -0.15) is 0 Å². The summed E-state index contributed by atoms with van der Waals surface area (Å²) in [7, 11) is 2.50. The number of esters is 3. The number of azide groups is 1. The Morgan fingerprint density at radius 3 is 2.14 bits per heavy atom. The first-order valence-electron chi connectivity index (χ1n) is 6.76. The van der Waals surface area contributed by atoms with Crippen molar-refractivity contribution in [1.82, 2.24) is 0 Å². The van der Waals surface area contributed by atoms with Crippen LogP contribution in [0.1, 0.15) is 13.3 Å². The molecule has 1 aliphatic rings. The Kier molecular flexibility index (Phi) is 6.65. The van der Waals surface area contributed by atoms with E-state index in [2.05, 4.69) is 10.0 Å². The van der Waals surface area contributed by atoms with Crippen LogP contribution in [-0.4, -0.2) is 45.3 Å². The van der Waals surface area contributed by atoms with E-state index in [1.807, 2.05) is 0 Å². The molecule has 4 atom stereocenters. The minimum absolute atomic E-state index is 0.00962. The maximum absolute atomic E-state index is 11.9. The van der Waals surface area contributed by atoms with Crippen molar-refractivity contribution in [2.24, 2.45) is 28.8 Å². The van der Waals surface area contributed by atoms with E-state index in [9.17, 15) is 14.4 Å². The van der Waals surface area contributed by atoms with Crippen LogP contribution >= 0.6 is 0 Å². The molecular formula is C13H19N3O6. The van der Waals surface area contributed by atoms with Crippen molar-refractivity contribution in [3.8, 4) is 0 Å². The highest BCUT2D eigenvalue weighted by atomic mass is 16.5. The zero-order chi connectivity index (χ0) is 16.7. The van der Waals surface area contributed by atoms with Crippen LogP contribution in [-0.2, 0) is 28.6 Å². The summed E-state index contributed by atoms with van der Waals surface area (Å²) >= 11 is 0. The topological polar surface area (TPSA) is 128 Å². The van der Waals surface area contributed by atoms with Crippen LogP contribution in [0.3, 0.4) is 0 Å². The number of methoxy groups -OCH3 is 2. The summed E-state index contributed by atoms with van der Waals surface area (Å²) in [6.45, 7) is 1.21. The summed E-state index contributed by atoms with van der Waals surface area (Å²) in [5.41, 5.74) is 8.50. The molecule has 0 bridgehead atoms. The fraction of sp³-hybridized carbons (Fsp3) is 0.769. The number of rotatable bonds is 6. The Morgan fingerprint density at radius 1 is 1.14 bits per heavy atom. The number of nitrogens with zero attached hydrogens (tertiary/aromatic N) is 3. The molecule has 1 saturated carbocycles. The maximum Gasteiger partial charge on any atom is 0.309 e. The number of carbonyl (C=O) groups excluding carboxylic acids is 3. The third kappa shape index (κ3) is 4.11. The van der Waals surface area contributed by atoms with Crippen molar-refractivity contribution < 1.29 is 28.6 Å². The molecule has 122 valence electrons. The summed E-state index contributed by atoms with van der Waals surface area (Å²) in [6.07, 6.45) is 0.205. The second-order valence-corrected chi connectivity index (χ2v) is 5.04. The van der Waals surface area contributed by atoms with Gasteiger partial charge < -0.3 is 14.2 Å². The van der Waals surface area contributed by atoms with Crippen LogP contribution in [0.2, 0.25) is 0 Å². The lowest BCUT2D eigenvalue weighted by molar-refractivity contribution is -0.151. The van der Waals surface area contributed by atoms with Gasteiger partial charge in [-0.25, -0.2) is 0 Å². The highest BCUT2D eigenvalue weighted by Crippen LogP contribution is 2.43. The van der Waals surface area contributed by atoms with Crippen molar-refractivity contribution in [3.63, 3.8) is 0 Å². The molecule has 0 unspecified atom stereocenters. The molecule has 1 aliphatic carbocycles. The van der Waals surface area contributed by atoms with Crippen molar-refractivity contribution in [2.75, 3.05) is 27.4 Å². The van der Waals surface area contributed by atoms with E-state index in [-0.39, 0.29) is 19.6 Å². The highest BCUT2D eigenvalue weighted by molar-refractivity contribution is 5.78. The van der Waals surface area contributed by atoms with Crippen molar-refractivity contribution in [1.29, 1.82) is 0 Å². The molecule has 9 heteroatoms. The van der Waals surface area contributed by atoms with E-state index < -0.39 is 41.6 Å². The van der Waals surface area contributed by atoms with E-state index in [1.54, 1.807) is 0 Å². The van der Waals surface area contributed by atoms with Gasteiger partial charge in [0.05, 0.1) is 32.7 Å². The zero-order valence-corrected chi connectivity index (χ0v) is 12.7. The van der Waals surface area contributed by atoms with Crippen molar-refractivity contribution in [3.05, 3.63) is 10.4 Å². The average molecular weight is 313 g/mol. The molecule has 1 rings (SSSR count). The smallest absolute Gasteiger partial charge is 0.309 e. The molecule has 0 saturated heterocycles. The first kappa shape index (κ1) is 17.8. The molecule has 0 amide bonds. The van der Waals surface area contributed by atoms with Gasteiger partial charge in [-0.1, -0.05) is 5.11 Å². The lowest BCUT2D eigenvalue weighted by Gasteiger charge is -2.23. The fourth-order valence-corrected chi connectivity index (χ4v) is 2.91. The van der Waals surface area contributed by atoms with Crippen molar-refractivity contribution >= 4 is 17.9 Å². The largest absolute Gasteiger partial charge is 0.469 e. The normalized spacial score (nSPS) is 26.7. The number of carbonyl (C=O) groups is 3. The van der Waals surface area contributed by atoms with Crippen LogP contribution in [0.4, 0.5) is 0 Å². The van der Waals surface area contributed by atoms with Gasteiger partial charge in [0.25, 0.3) is 0 Å². The second kappa shape index (κ2) is 8.23. The third-order valence-corrected chi connectivity index (χ3v) is 3.93. The molecule has 9 nitrogen and oxygen atoms in total. The number of hydrogen-bond acceptors (Lipinski definition) is 7. The third-order valence-electron chi connectivity index (χ3n) is 3.93. The Balaban J connectivity index is 3.06. The standard InChI is InChI=1S/C13H19N3O6/c1-7(17)22-6-11-9(13(19)21-3)4-8(12(18)20-2)10(11)5-15-16-14/h8-11H,4-6H2,1-3H3/t8-,9+,10+,11-/m0/s1. The fourth-order valence-electron chi connectivity index (χ4n) is 2.91.